The number of hydrogen-bond donors (Lipinski definition) is 3. The summed E-state index contributed by atoms with van der Waals surface area (Å²) in [5.41, 5.74) is 0.548. The van der Waals surface area contributed by atoms with Crippen LogP contribution in [0.1, 0.15) is 39.5 Å². The summed E-state index contributed by atoms with van der Waals surface area (Å²) >= 11 is 0. The standard InChI is InChI=1S/C13H26N2O/c1-13(2)5-3-11(4-6-13)15-8-10-7-14-9-12(10)16/h10-12,14-16H,3-9H2,1-2H3. The zero-order valence-corrected chi connectivity index (χ0v) is 10.6. The fourth-order valence-electron chi connectivity index (χ4n) is 2.85. The Bertz CT molecular complexity index is 220. The molecule has 2 atom stereocenters. The maximum Gasteiger partial charge on any atom is 0.0716 e. The predicted octanol–water partition coefficient (Wildman–Crippen LogP) is 1.13. The van der Waals surface area contributed by atoms with Gasteiger partial charge in [-0.15, -0.1) is 0 Å². The van der Waals surface area contributed by atoms with Gasteiger partial charge in [0.05, 0.1) is 6.10 Å². The summed E-state index contributed by atoms with van der Waals surface area (Å²) in [4.78, 5) is 0. The molecule has 16 heavy (non-hydrogen) atoms. The first-order valence-corrected chi connectivity index (χ1v) is 6.69. The zero-order valence-electron chi connectivity index (χ0n) is 10.6. The van der Waals surface area contributed by atoms with Crippen molar-refractivity contribution in [2.45, 2.75) is 51.7 Å². The highest BCUT2D eigenvalue weighted by molar-refractivity contribution is 4.86. The lowest BCUT2D eigenvalue weighted by Gasteiger charge is -2.35. The Hall–Kier alpha value is -0.120. The van der Waals surface area contributed by atoms with E-state index in [1.807, 2.05) is 0 Å². The van der Waals surface area contributed by atoms with Crippen LogP contribution in [0.3, 0.4) is 0 Å². The Labute approximate surface area is 99.0 Å². The summed E-state index contributed by atoms with van der Waals surface area (Å²) < 4.78 is 0. The highest BCUT2D eigenvalue weighted by atomic mass is 16.3. The molecule has 0 amide bonds. The highest BCUT2D eigenvalue weighted by Crippen LogP contribution is 2.35. The zero-order chi connectivity index (χ0) is 11.6. The van der Waals surface area contributed by atoms with E-state index in [9.17, 15) is 5.11 Å². The van der Waals surface area contributed by atoms with Gasteiger partial charge in [-0.2, -0.15) is 0 Å². The Morgan fingerprint density at radius 1 is 1.25 bits per heavy atom. The van der Waals surface area contributed by atoms with Crippen molar-refractivity contribution >= 4 is 0 Å². The molecule has 0 radical (unpaired) electrons. The molecule has 0 aromatic heterocycles. The minimum absolute atomic E-state index is 0.146. The maximum atomic E-state index is 9.70. The van der Waals surface area contributed by atoms with Gasteiger partial charge in [-0.1, -0.05) is 13.8 Å². The molecule has 1 saturated carbocycles. The summed E-state index contributed by atoms with van der Waals surface area (Å²) in [7, 11) is 0. The molecule has 2 rings (SSSR count). The number of rotatable bonds is 3. The monoisotopic (exact) mass is 226 g/mol. The lowest BCUT2D eigenvalue weighted by Crippen LogP contribution is -2.40. The second kappa shape index (κ2) is 5.03. The van der Waals surface area contributed by atoms with E-state index >= 15 is 0 Å². The SMILES string of the molecule is CC1(C)CCC(NCC2CNCC2O)CC1. The van der Waals surface area contributed by atoms with Crippen LogP contribution in [0.5, 0.6) is 0 Å². The highest BCUT2D eigenvalue weighted by Gasteiger charge is 2.29. The van der Waals surface area contributed by atoms with Crippen LogP contribution in [0.2, 0.25) is 0 Å². The van der Waals surface area contributed by atoms with Crippen molar-refractivity contribution in [3.8, 4) is 0 Å². The molecule has 0 spiro atoms. The van der Waals surface area contributed by atoms with Gasteiger partial charge in [0.2, 0.25) is 0 Å². The molecule has 3 N–H and O–H groups in total. The molecule has 0 aromatic carbocycles. The Balaban J connectivity index is 1.67. The largest absolute Gasteiger partial charge is 0.391 e. The number of hydrogen-bond acceptors (Lipinski definition) is 3. The molecule has 1 aliphatic carbocycles. The molecule has 0 bridgehead atoms. The van der Waals surface area contributed by atoms with Crippen LogP contribution in [0.15, 0.2) is 0 Å². The van der Waals surface area contributed by atoms with Gasteiger partial charge in [0.25, 0.3) is 0 Å². The fourth-order valence-corrected chi connectivity index (χ4v) is 2.85. The molecule has 2 aliphatic rings. The number of aliphatic hydroxyl groups is 1. The molecular weight excluding hydrogens is 200 g/mol. The molecule has 2 unspecified atom stereocenters. The first kappa shape index (κ1) is 12.3. The number of aliphatic hydroxyl groups excluding tert-OH is 1. The Morgan fingerprint density at radius 2 is 1.94 bits per heavy atom. The summed E-state index contributed by atoms with van der Waals surface area (Å²) in [5.74, 6) is 0.412. The minimum atomic E-state index is -0.146. The Morgan fingerprint density at radius 3 is 2.50 bits per heavy atom. The van der Waals surface area contributed by atoms with E-state index in [4.69, 9.17) is 0 Å². The van der Waals surface area contributed by atoms with Crippen molar-refractivity contribution in [1.29, 1.82) is 0 Å². The Kier molecular flexibility index (Phi) is 3.88. The van der Waals surface area contributed by atoms with E-state index in [1.165, 1.54) is 25.7 Å². The van der Waals surface area contributed by atoms with Gasteiger partial charge in [-0.3, -0.25) is 0 Å². The third-order valence-corrected chi connectivity index (χ3v) is 4.31. The topological polar surface area (TPSA) is 44.3 Å². The van der Waals surface area contributed by atoms with E-state index in [-0.39, 0.29) is 6.10 Å². The lowest BCUT2D eigenvalue weighted by atomic mass is 9.75. The summed E-state index contributed by atoms with van der Waals surface area (Å²) in [6.07, 6.45) is 5.10. The van der Waals surface area contributed by atoms with Crippen molar-refractivity contribution in [2.24, 2.45) is 11.3 Å². The first-order valence-electron chi connectivity index (χ1n) is 6.69. The molecule has 0 aromatic rings. The van der Waals surface area contributed by atoms with Crippen molar-refractivity contribution in [2.75, 3.05) is 19.6 Å². The van der Waals surface area contributed by atoms with Crippen molar-refractivity contribution in [1.82, 2.24) is 10.6 Å². The van der Waals surface area contributed by atoms with Crippen LogP contribution in [0.4, 0.5) is 0 Å². The molecular formula is C13H26N2O. The normalized spacial score (nSPS) is 35.4. The van der Waals surface area contributed by atoms with Gasteiger partial charge >= 0.3 is 0 Å². The van der Waals surface area contributed by atoms with Crippen LogP contribution < -0.4 is 10.6 Å². The second-order valence-corrected chi connectivity index (χ2v) is 6.33. The van der Waals surface area contributed by atoms with Crippen LogP contribution in [0.25, 0.3) is 0 Å². The van der Waals surface area contributed by atoms with E-state index in [0.29, 0.717) is 17.4 Å². The van der Waals surface area contributed by atoms with E-state index in [2.05, 4.69) is 24.5 Å². The van der Waals surface area contributed by atoms with Gasteiger partial charge in [0.15, 0.2) is 0 Å². The predicted molar refractivity (Wildman–Crippen MR) is 66.4 cm³/mol. The van der Waals surface area contributed by atoms with Crippen LogP contribution in [-0.4, -0.2) is 36.9 Å². The molecule has 3 heteroatoms. The first-order chi connectivity index (χ1) is 7.57. The average molecular weight is 226 g/mol. The molecule has 3 nitrogen and oxygen atoms in total. The van der Waals surface area contributed by atoms with Crippen molar-refractivity contribution in [3.05, 3.63) is 0 Å². The van der Waals surface area contributed by atoms with Crippen molar-refractivity contribution in [3.63, 3.8) is 0 Å². The van der Waals surface area contributed by atoms with Gasteiger partial charge in [0, 0.05) is 31.6 Å². The third kappa shape index (κ3) is 3.19. The van der Waals surface area contributed by atoms with Gasteiger partial charge in [-0.25, -0.2) is 0 Å². The van der Waals surface area contributed by atoms with Crippen LogP contribution >= 0.6 is 0 Å². The lowest BCUT2D eigenvalue weighted by molar-refractivity contribution is 0.138. The van der Waals surface area contributed by atoms with Crippen LogP contribution in [-0.2, 0) is 0 Å². The molecule has 2 fully saturated rings. The quantitative estimate of drug-likeness (QED) is 0.676. The van der Waals surface area contributed by atoms with Gasteiger partial charge < -0.3 is 15.7 Å². The van der Waals surface area contributed by atoms with Gasteiger partial charge in [-0.05, 0) is 31.1 Å². The van der Waals surface area contributed by atoms with E-state index in [1.54, 1.807) is 0 Å². The average Bonchev–Trinajstić information content (AvgIpc) is 2.63. The van der Waals surface area contributed by atoms with Crippen molar-refractivity contribution < 1.29 is 5.11 Å². The maximum absolute atomic E-state index is 9.70. The third-order valence-electron chi connectivity index (χ3n) is 4.31. The van der Waals surface area contributed by atoms with Gasteiger partial charge in [0.1, 0.15) is 0 Å². The summed E-state index contributed by atoms with van der Waals surface area (Å²) in [5, 5.41) is 16.6. The smallest absolute Gasteiger partial charge is 0.0716 e. The van der Waals surface area contributed by atoms with Crippen LogP contribution in [0, 0.1) is 11.3 Å². The fraction of sp³-hybridized carbons (Fsp3) is 1.00. The molecule has 94 valence electrons. The second-order valence-electron chi connectivity index (χ2n) is 6.33. The minimum Gasteiger partial charge on any atom is -0.391 e. The number of nitrogens with one attached hydrogen (secondary N) is 2. The molecule has 1 saturated heterocycles. The molecule has 1 aliphatic heterocycles. The molecule has 1 heterocycles. The van der Waals surface area contributed by atoms with E-state index < -0.39 is 0 Å². The summed E-state index contributed by atoms with van der Waals surface area (Å²) in [6.45, 7) is 7.44. The summed E-state index contributed by atoms with van der Waals surface area (Å²) in [6, 6.07) is 0.681. The van der Waals surface area contributed by atoms with E-state index in [0.717, 1.165) is 19.6 Å². The number of β-amino-alcohol motifs (C(OH)–C–C–N with tert-alkyl or cyclic N) is 1.